The smallest absolute Gasteiger partial charge is 0.381 e. The minimum Gasteiger partial charge on any atom is -0.381 e. The molecule has 19 heavy (non-hydrogen) atoms. The SMILES string of the molecule is C1CCOC1.C1CCOC1.C[C-](C)CC[C-](C)C.[Mg+2]. The number of rotatable bonds is 3. The van der Waals surface area contributed by atoms with Crippen molar-refractivity contribution in [3.8, 4) is 0 Å². The zero-order chi connectivity index (χ0) is 13.6. The molecule has 0 aromatic heterocycles. The summed E-state index contributed by atoms with van der Waals surface area (Å²) in [6.07, 6.45) is 7.64. The van der Waals surface area contributed by atoms with E-state index in [1.54, 1.807) is 0 Å². The van der Waals surface area contributed by atoms with Gasteiger partial charge in [-0.15, -0.1) is 0 Å². The Morgan fingerprint density at radius 1 is 0.632 bits per heavy atom. The summed E-state index contributed by atoms with van der Waals surface area (Å²) in [5.41, 5.74) is 0. The summed E-state index contributed by atoms with van der Waals surface area (Å²) in [5.74, 6) is 3.07. The van der Waals surface area contributed by atoms with E-state index in [0.717, 1.165) is 26.4 Å². The third kappa shape index (κ3) is 21.1. The fourth-order valence-electron chi connectivity index (χ4n) is 1.52. The molecule has 2 rings (SSSR count). The maximum atomic E-state index is 4.94. The molecule has 0 spiro atoms. The van der Waals surface area contributed by atoms with Crippen LogP contribution in [-0.4, -0.2) is 49.5 Å². The number of ether oxygens (including phenoxy) is 2. The first kappa shape index (κ1) is 22.0. The van der Waals surface area contributed by atoms with E-state index in [-0.39, 0.29) is 23.1 Å². The van der Waals surface area contributed by atoms with Gasteiger partial charge in [0.2, 0.25) is 0 Å². The van der Waals surface area contributed by atoms with Crippen molar-refractivity contribution in [2.24, 2.45) is 0 Å². The summed E-state index contributed by atoms with van der Waals surface area (Å²) < 4.78 is 9.89. The molecule has 2 fully saturated rings. The van der Waals surface area contributed by atoms with E-state index in [1.807, 2.05) is 0 Å². The summed E-state index contributed by atoms with van der Waals surface area (Å²) >= 11 is 0. The Bertz CT molecular complexity index is 120. The van der Waals surface area contributed by atoms with E-state index in [1.165, 1.54) is 50.4 Å². The van der Waals surface area contributed by atoms with Crippen LogP contribution in [0.5, 0.6) is 0 Å². The molecule has 2 aliphatic heterocycles. The summed E-state index contributed by atoms with van der Waals surface area (Å²) in [5, 5.41) is 0. The van der Waals surface area contributed by atoms with Crippen LogP contribution in [0.2, 0.25) is 0 Å². The van der Waals surface area contributed by atoms with E-state index >= 15 is 0 Å². The Hall–Kier alpha value is 0.686. The van der Waals surface area contributed by atoms with Gasteiger partial charge in [-0.1, -0.05) is 0 Å². The Balaban J connectivity index is 0. The largest absolute Gasteiger partial charge is 2.00 e. The molecule has 0 saturated carbocycles. The third-order valence-electron chi connectivity index (χ3n) is 2.78. The zero-order valence-corrected chi connectivity index (χ0v) is 15.0. The van der Waals surface area contributed by atoms with Gasteiger partial charge < -0.3 is 21.3 Å². The van der Waals surface area contributed by atoms with Crippen LogP contribution in [0, 0.1) is 11.8 Å². The second-order valence-electron chi connectivity index (χ2n) is 5.55. The van der Waals surface area contributed by atoms with Gasteiger partial charge in [0.25, 0.3) is 0 Å². The standard InChI is InChI=1S/C8H16.2C4H8O.Mg/c1-7(2)5-6-8(3)4;2*1-2-4-5-3-1;/h5-6H2,1-4H3;2*1-4H2;/q-2;;;+2. The van der Waals surface area contributed by atoms with Crippen LogP contribution >= 0.6 is 0 Å². The molecule has 0 aromatic carbocycles. The molecule has 3 heteroatoms. The molecule has 0 amide bonds. The Kier molecular flexibility index (Phi) is 19.4. The topological polar surface area (TPSA) is 18.5 Å². The molecule has 0 aliphatic carbocycles. The Labute approximate surface area is 137 Å². The van der Waals surface area contributed by atoms with Crippen molar-refractivity contribution in [1.82, 2.24) is 0 Å². The summed E-state index contributed by atoms with van der Waals surface area (Å²) in [4.78, 5) is 0. The van der Waals surface area contributed by atoms with Crippen LogP contribution in [0.3, 0.4) is 0 Å². The predicted octanol–water partition coefficient (Wildman–Crippen LogP) is 4.21. The van der Waals surface area contributed by atoms with E-state index < -0.39 is 0 Å². The van der Waals surface area contributed by atoms with Crippen molar-refractivity contribution in [1.29, 1.82) is 0 Å². The van der Waals surface area contributed by atoms with Crippen LogP contribution in [0.1, 0.15) is 66.2 Å². The van der Waals surface area contributed by atoms with Gasteiger partial charge in [-0.2, -0.15) is 27.7 Å². The van der Waals surface area contributed by atoms with Gasteiger partial charge >= 0.3 is 23.1 Å². The normalized spacial score (nSPS) is 17.4. The van der Waals surface area contributed by atoms with Crippen molar-refractivity contribution in [3.63, 3.8) is 0 Å². The van der Waals surface area contributed by atoms with E-state index in [2.05, 4.69) is 27.7 Å². The van der Waals surface area contributed by atoms with E-state index in [0.29, 0.717) is 0 Å². The van der Waals surface area contributed by atoms with Crippen LogP contribution < -0.4 is 0 Å². The number of hydrogen-bond acceptors (Lipinski definition) is 2. The molecule has 0 N–H and O–H groups in total. The fraction of sp³-hybridized carbons (Fsp3) is 0.875. The van der Waals surface area contributed by atoms with Crippen LogP contribution in [-0.2, 0) is 9.47 Å². The molecule has 2 saturated heterocycles. The number of hydrogen-bond donors (Lipinski definition) is 0. The van der Waals surface area contributed by atoms with Gasteiger partial charge in [0.05, 0.1) is 0 Å². The second-order valence-corrected chi connectivity index (χ2v) is 5.55. The molecule has 0 unspecified atom stereocenters. The summed E-state index contributed by atoms with van der Waals surface area (Å²) in [6, 6.07) is 0. The van der Waals surface area contributed by atoms with Gasteiger partial charge in [-0.3, -0.25) is 0 Å². The van der Waals surface area contributed by atoms with Gasteiger partial charge in [0, 0.05) is 26.4 Å². The second kappa shape index (κ2) is 16.7. The van der Waals surface area contributed by atoms with Crippen molar-refractivity contribution in [2.75, 3.05) is 26.4 Å². The quantitative estimate of drug-likeness (QED) is 0.569. The minimum atomic E-state index is 0. The van der Waals surface area contributed by atoms with E-state index in [9.17, 15) is 0 Å². The maximum absolute atomic E-state index is 4.94. The fourth-order valence-corrected chi connectivity index (χ4v) is 1.52. The average Bonchev–Trinajstić information content (AvgIpc) is 3.03. The van der Waals surface area contributed by atoms with Gasteiger partial charge in [-0.05, 0) is 25.7 Å². The first-order valence-electron chi connectivity index (χ1n) is 7.36. The van der Waals surface area contributed by atoms with Crippen LogP contribution in [0.4, 0.5) is 0 Å². The van der Waals surface area contributed by atoms with Crippen molar-refractivity contribution in [3.05, 3.63) is 11.8 Å². The molecule has 2 nitrogen and oxygen atoms in total. The molecule has 110 valence electrons. The maximum Gasteiger partial charge on any atom is 2.00 e. The molecule has 2 aliphatic rings. The van der Waals surface area contributed by atoms with Crippen molar-refractivity contribution < 1.29 is 9.47 Å². The Morgan fingerprint density at radius 3 is 1.00 bits per heavy atom. The molecule has 0 atom stereocenters. The molecule has 0 aromatic rings. The molecular formula is C16H32MgO2. The molecule has 0 bridgehead atoms. The average molecular weight is 281 g/mol. The van der Waals surface area contributed by atoms with E-state index in [4.69, 9.17) is 9.47 Å². The summed E-state index contributed by atoms with van der Waals surface area (Å²) in [6.45, 7) is 12.7. The zero-order valence-electron chi connectivity index (χ0n) is 13.6. The molecule has 2 heterocycles. The molecular weight excluding hydrogens is 248 g/mol. The van der Waals surface area contributed by atoms with Gasteiger partial charge in [0.15, 0.2) is 0 Å². The first-order chi connectivity index (χ1) is 8.63. The van der Waals surface area contributed by atoms with Crippen LogP contribution in [0.25, 0.3) is 0 Å². The third-order valence-corrected chi connectivity index (χ3v) is 2.78. The monoisotopic (exact) mass is 280 g/mol. The Morgan fingerprint density at radius 2 is 0.895 bits per heavy atom. The summed E-state index contributed by atoms with van der Waals surface area (Å²) in [7, 11) is 0. The molecule has 0 radical (unpaired) electrons. The van der Waals surface area contributed by atoms with Crippen LogP contribution in [0.15, 0.2) is 0 Å². The predicted molar refractivity (Wildman–Crippen MR) is 84.3 cm³/mol. The van der Waals surface area contributed by atoms with Crippen molar-refractivity contribution in [2.45, 2.75) is 66.2 Å². The first-order valence-corrected chi connectivity index (χ1v) is 7.36. The van der Waals surface area contributed by atoms with Gasteiger partial charge in [0.1, 0.15) is 0 Å². The van der Waals surface area contributed by atoms with Gasteiger partial charge in [-0.25, -0.2) is 12.8 Å². The minimum absolute atomic E-state index is 0. The van der Waals surface area contributed by atoms with Crippen molar-refractivity contribution >= 4 is 23.1 Å².